The number of piperazine rings is 1. The quantitative estimate of drug-likeness (QED) is 0.336. The highest BCUT2D eigenvalue weighted by Crippen LogP contribution is 2.13. The van der Waals surface area contributed by atoms with Gasteiger partial charge in [-0.25, -0.2) is 0 Å². The Kier molecular flexibility index (Phi) is 12.8. The molecule has 1 heterocycles. The minimum atomic E-state index is -3.81. The van der Waals surface area contributed by atoms with E-state index in [1.54, 1.807) is 0 Å². The lowest BCUT2D eigenvalue weighted by Gasteiger charge is -2.33. The van der Waals surface area contributed by atoms with Crippen molar-refractivity contribution in [3.8, 4) is 0 Å². The van der Waals surface area contributed by atoms with Gasteiger partial charge in [-0.2, -0.15) is 8.42 Å². The lowest BCUT2D eigenvalue weighted by atomic mass is 10.0. The normalized spacial score (nSPS) is 19.4. The van der Waals surface area contributed by atoms with Crippen LogP contribution in [-0.4, -0.2) is 55.8 Å². The molecule has 0 aromatic heterocycles. The summed E-state index contributed by atoms with van der Waals surface area (Å²) in [6, 6.07) is 0.536. The average Bonchev–Trinajstić information content (AvgIpc) is 2.56. The summed E-state index contributed by atoms with van der Waals surface area (Å²) in [6.45, 7) is 5.98. The Bertz CT molecular complexity index is 415. The van der Waals surface area contributed by atoms with Crippen LogP contribution in [0.1, 0.15) is 84.0 Å². The molecule has 1 rings (SSSR count). The topological polar surface area (TPSA) is 69.6 Å². The maximum atomic E-state index is 10.8. The summed E-state index contributed by atoms with van der Waals surface area (Å²) in [6.07, 6.45) is 15.4. The number of unbranched alkanes of at least 4 members (excludes halogenated alkanes) is 9. The van der Waals surface area contributed by atoms with E-state index >= 15 is 0 Å². The highest BCUT2D eigenvalue weighted by Gasteiger charge is 2.18. The molecular weight excluding hydrogens is 336 g/mol. The van der Waals surface area contributed by atoms with Crippen LogP contribution < -0.4 is 5.32 Å². The van der Waals surface area contributed by atoms with Crippen molar-refractivity contribution in [2.75, 3.05) is 31.9 Å². The van der Waals surface area contributed by atoms with Crippen LogP contribution in [0.3, 0.4) is 0 Å². The van der Waals surface area contributed by atoms with Gasteiger partial charge < -0.3 is 10.2 Å². The molecule has 1 aliphatic rings. The number of hydrogen-bond acceptors (Lipinski definition) is 4. The van der Waals surface area contributed by atoms with Crippen molar-refractivity contribution in [3.63, 3.8) is 0 Å². The highest BCUT2D eigenvalue weighted by molar-refractivity contribution is 7.85. The molecule has 5 nitrogen and oxygen atoms in total. The molecule has 1 aliphatic heterocycles. The van der Waals surface area contributed by atoms with Gasteiger partial charge in [0.1, 0.15) is 0 Å². The summed E-state index contributed by atoms with van der Waals surface area (Å²) in [4.78, 5) is 2.32. The fourth-order valence-corrected chi connectivity index (χ4v) is 4.13. The van der Waals surface area contributed by atoms with Gasteiger partial charge in [-0.1, -0.05) is 71.1 Å². The van der Waals surface area contributed by atoms with Crippen molar-refractivity contribution in [2.24, 2.45) is 0 Å². The Morgan fingerprint density at radius 1 is 0.960 bits per heavy atom. The molecule has 0 aromatic rings. The first-order valence-corrected chi connectivity index (χ1v) is 12.0. The molecule has 25 heavy (non-hydrogen) atoms. The smallest absolute Gasteiger partial charge is 0.264 e. The van der Waals surface area contributed by atoms with Crippen LogP contribution in [0.25, 0.3) is 0 Å². The van der Waals surface area contributed by atoms with Crippen LogP contribution in [0.2, 0.25) is 0 Å². The van der Waals surface area contributed by atoms with E-state index in [0.717, 1.165) is 26.2 Å². The highest BCUT2D eigenvalue weighted by atomic mass is 32.2. The van der Waals surface area contributed by atoms with E-state index in [4.69, 9.17) is 4.55 Å². The van der Waals surface area contributed by atoms with Crippen LogP contribution in [0, 0.1) is 0 Å². The first-order valence-electron chi connectivity index (χ1n) is 10.4. The second-order valence-electron chi connectivity index (χ2n) is 7.56. The Morgan fingerprint density at radius 3 is 2.16 bits per heavy atom. The Morgan fingerprint density at radius 2 is 1.56 bits per heavy atom. The predicted octanol–water partition coefficient (Wildman–Crippen LogP) is 3.85. The third-order valence-electron chi connectivity index (χ3n) is 5.12. The monoisotopic (exact) mass is 376 g/mol. The van der Waals surface area contributed by atoms with Crippen molar-refractivity contribution >= 4 is 10.1 Å². The van der Waals surface area contributed by atoms with E-state index in [2.05, 4.69) is 17.1 Å². The van der Waals surface area contributed by atoms with Gasteiger partial charge in [-0.3, -0.25) is 4.55 Å². The molecule has 0 aliphatic carbocycles. The zero-order valence-corrected chi connectivity index (χ0v) is 17.0. The standard InChI is InChI=1S/C19H40N2O3S/c1-2-3-4-5-6-7-8-9-10-11-13-19-18-21(16-14-20-19)15-12-17-25(22,23)24/h19-20H,2-18H2,1H3,(H,22,23,24). The first-order chi connectivity index (χ1) is 12.0. The molecule has 0 amide bonds. The van der Waals surface area contributed by atoms with Crippen molar-refractivity contribution in [1.29, 1.82) is 0 Å². The maximum absolute atomic E-state index is 10.8. The number of nitrogens with zero attached hydrogens (tertiary/aromatic N) is 1. The van der Waals surface area contributed by atoms with E-state index in [0.29, 0.717) is 12.5 Å². The molecule has 1 saturated heterocycles. The van der Waals surface area contributed by atoms with E-state index < -0.39 is 10.1 Å². The van der Waals surface area contributed by atoms with Crippen LogP contribution in [0.5, 0.6) is 0 Å². The lowest BCUT2D eigenvalue weighted by molar-refractivity contribution is 0.193. The summed E-state index contributed by atoms with van der Waals surface area (Å²) in [7, 11) is -3.81. The zero-order chi connectivity index (χ0) is 18.4. The SMILES string of the molecule is CCCCCCCCCCCCC1CN(CCCS(=O)(=O)O)CCN1. The summed E-state index contributed by atoms with van der Waals surface area (Å²) in [5.74, 6) is -0.125. The summed E-state index contributed by atoms with van der Waals surface area (Å²) in [5.41, 5.74) is 0. The molecule has 1 fully saturated rings. The molecule has 0 spiro atoms. The van der Waals surface area contributed by atoms with Crippen LogP contribution in [0.4, 0.5) is 0 Å². The number of rotatable bonds is 15. The molecule has 0 saturated carbocycles. The molecule has 1 atom stereocenters. The van der Waals surface area contributed by atoms with Gasteiger partial charge in [0.05, 0.1) is 5.75 Å². The number of nitrogens with one attached hydrogen (secondary N) is 1. The molecular formula is C19H40N2O3S. The molecule has 0 aromatic carbocycles. The fourth-order valence-electron chi connectivity index (χ4n) is 3.64. The van der Waals surface area contributed by atoms with Gasteiger partial charge in [0.15, 0.2) is 0 Å². The third kappa shape index (κ3) is 13.7. The van der Waals surface area contributed by atoms with Gasteiger partial charge >= 0.3 is 0 Å². The van der Waals surface area contributed by atoms with Crippen molar-refractivity contribution in [1.82, 2.24) is 10.2 Å². The van der Waals surface area contributed by atoms with Gasteiger partial charge in [-0.15, -0.1) is 0 Å². The van der Waals surface area contributed by atoms with E-state index in [-0.39, 0.29) is 5.75 Å². The largest absolute Gasteiger partial charge is 0.311 e. The summed E-state index contributed by atoms with van der Waals surface area (Å²) < 4.78 is 30.4. The molecule has 2 N–H and O–H groups in total. The summed E-state index contributed by atoms with van der Waals surface area (Å²) in [5, 5.41) is 3.58. The maximum Gasteiger partial charge on any atom is 0.264 e. The van der Waals surface area contributed by atoms with Gasteiger partial charge in [-0.05, 0) is 19.4 Å². The lowest BCUT2D eigenvalue weighted by Crippen LogP contribution is -2.50. The fraction of sp³-hybridized carbons (Fsp3) is 1.00. The minimum absolute atomic E-state index is 0.125. The van der Waals surface area contributed by atoms with E-state index in [9.17, 15) is 8.42 Å². The van der Waals surface area contributed by atoms with Crippen molar-refractivity contribution < 1.29 is 13.0 Å². The average molecular weight is 377 g/mol. The van der Waals surface area contributed by atoms with Crippen molar-refractivity contribution in [3.05, 3.63) is 0 Å². The summed E-state index contributed by atoms with van der Waals surface area (Å²) >= 11 is 0. The minimum Gasteiger partial charge on any atom is -0.311 e. The van der Waals surface area contributed by atoms with E-state index in [1.807, 2.05) is 0 Å². The van der Waals surface area contributed by atoms with E-state index in [1.165, 1.54) is 70.6 Å². The van der Waals surface area contributed by atoms with Crippen molar-refractivity contribution in [2.45, 2.75) is 90.0 Å². The molecule has 1 unspecified atom stereocenters. The van der Waals surface area contributed by atoms with Gasteiger partial charge in [0, 0.05) is 25.7 Å². The second-order valence-corrected chi connectivity index (χ2v) is 9.13. The second kappa shape index (κ2) is 14.0. The zero-order valence-electron chi connectivity index (χ0n) is 16.2. The van der Waals surface area contributed by atoms with Gasteiger partial charge in [0.2, 0.25) is 0 Å². The molecule has 0 radical (unpaired) electrons. The number of hydrogen-bond donors (Lipinski definition) is 2. The van der Waals surface area contributed by atoms with Crippen LogP contribution in [0.15, 0.2) is 0 Å². The Hall–Kier alpha value is -0.170. The third-order valence-corrected chi connectivity index (χ3v) is 5.93. The van der Waals surface area contributed by atoms with Crippen LogP contribution in [-0.2, 0) is 10.1 Å². The Labute approximate surface area is 155 Å². The van der Waals surface area contributed by atoms with Gasteiger partial charge in [0.25, 0.3) is 10.1 Å². The Balaban J connectivity index is 1.96. The molecule has 150 valence electrons. The first kappa shape index (κ1) is 22.9. The molecule has 6 heteroatoms. The predicted molar refractivity (Wildman–Crippen MR) is 106 cm³/mol. The van der Waals surface area contributed by atoms with Crippen LogP contribution >= 0.6 is 0 Å². The molecule has 0 bridgehead atoms.